The van der Waals surface area contributed by atoms with Gasteiger partial charge in [0.25, 0.3) is 5.56 Å². The van der Waals surface area contributed by atoms with Gasteiger partial charge in [0.1, 0.15) is 24.5 Å². The molecule has 0 aliphatic carbocycles. The van der Waals surface area contributed by atoms with Gasteiger partial charge in [-0.05, 0) is 12.2 Å². The number of aromatic amines is 1. The predicted molar refractivity (Wildman–Crippen MR) is 56.7 cm³/mol. The third kappa shape index (κ3) is 2.15. The van der Waals surface area contributed by atoms with Crippen LogP contribution in [0.25, 0.3) is 0 Å². The molecular weight excluding hydrogens is 250 g/mol. The number of aromatic nitrogens is 3. The van der Waals surface area contributed by atoms with Gasteiger partial charge in [0.15, 0.2) is 11.0 Å². The summed E-state index contributed by atoms with van der Waals surface area (Å²) >= 11 is 4.85. The van der Waals surface area contributed by atoms with Crippen LogP contribution in [0, 0.1) is 4.77 Å². The van der Waals surface area contributed by atoms with Crippen LogP contribution < -0.4 is 5.56 Å². The molecule has 0 unspecified atom stereocenters. The SMILES string of the molecule is O=c1cnn([C@H]2O[C@@H](CO)[C@H](O)[C@H]2O)c(=S)[nH]1. The molecule has 4 atom stereocenters. The molecule has 8 nitrogen and oxygen atoms in total. The summed E-state index contributed by atoms with van der Waals surface area (Å²) in [6.07, 6.45) is -3.49. The maximum Gasteiger partial charge on any atom is 0.270 e. The third-order valence-corrected chi connectivity index (χ3v) is 2.78. The van der Waals surface area contributed by atoms with Gasteiger partial charge in [-0.1, -0.05) is 0 Å². The second-order valence-corrected chi connectivity index (χ2v) is 4.00. The smallest absolute Gasteiger partial charge is 0.270 e. The molecule has 2 rings (SSSR count). The van der Waals surface area contributed by atoms with E-state index in [1.165, 1.54) is 0 Å². The van der Waals surface area contributed by atoms with Crippen molar-refractivity contribution in [3.63, 3.8) is 0 Å². The molecule has 17 heavy (non-hydrogen) atoms. The van der Waals surface area contributed by atoms with E-state index in [0.717, 1.165) is 10.9 Å². The Labute approximate surface area is 100 Å². The van der Waals surface area contributed by atoms with Crippen LogP contribution in [0.5, 0.6) is 0 Å². The third-order valence-electron chi connectivity index (χ3n) is 2.50. The summed E-state index contributed by atoms with van der Waals surface area (Å²) in [4.78, 5) is 13.2. The zero-order valence-corrected chi connectivity index (χ0v) is 9.37. The normalized spacial score (nSPS) is 32.9. The Morgan fingerprint density at radius 3 is 2.76 bits per heavy atom. The average molecular weight is 261 g/mol. The fraction of sp³-hybridized carbons (Fsp3) is 0.625. The number of nitrogens with one attached hydrogen (secondary N) is 1. The van der Waals surface area contributed by atoms with Crippen LogP contribution in [0.2, 0.25) is 0 Å². The molecule has 4 N–H and O–H groups in total. The first kappa shape index (κ1) is 12.3. The number of nitrogens with zero attached hydrogens (tertiary/aromatic N) is 2. The highest BCUT2D eigenvalue weighted by molar-refractivity contribution is 7.71. The summed E-state index contributed by atoms with van der Waals surface area (Å²) in [6, 6.07) is 0. The Bertz CT molecular complexity index is 514. The van der Waals surface area contributed by atoms with Crippen LogP contribution in [-0.4, -0.2) is 55.0 Å². The topological polar surface area (TPSA) is 121 Å². The maximum atomic E-state index is 10.9. The van der Waals surface area contributed by atoms with Crippen molar-refractivity contribution in [2.45, 2.75) is 24.5 Å². The van der Waals surface area contributed by atoms with Gasteiger partial charge in [-0.3, -0.25) is 9.78 Å². The van der Waals surface area contributed by atoms with Crippen LogP contribution in [0.15, 0.2) is 11.0 Å². The van der Waals surface area contributed by atoms with Gasteiger partial charge in [-0.2, -0.15) is 5.10 Å². The number of ether oxygens (including phenoxy) is 1. The molecule has 0 radical (unpaired) electrons. The minimum Gasteiger partial charge on any atom is -0.394 e. The molecule has 1 aliphatic rings. The van der Waals surface area contributed by atoms with Gasteiger partial charge in [-0.25, -0.2) is 4.68 Å². The maximum absolute atomic E-state index is 10.9. The Morgan fingerprint density at radius 2 is 2.24 bits per heavy atom. The zero-order valence-electron chi connectivity index (χ0n) is 8.55. The molecule has 1 aromatic heterocycles. The molecule has 0 saturated carbocycles. The molecule has 0 spiro atoms. The fourth-order valence-corrected chi connectivity index (χ4v) is 1.88. The first-order chi connectivity index (χ1) is 8.04. The van der Waals surface area contributed by atoms with Gasteiger partial charge < -0.3 is 20.1 Å². The highest BCUT2D eigenvalue weighted by Gasteiger charge is 2.43. The standard InChI is InChI=1S/C8H11N3O5S/c12-2-3-5(14)6(15)7(16-3)11-8(17)10-4(13)1-9-11/h1,3,5-7,12,14-15H,2H2,(H,10,13,17)/t3-,5-,6+,7-/m0/s1. The summed E-state index contributed by atoms with van der Waals surface area (Å²) in [7, 11) is 0. The van der Waals surface area contributed by atoms with Gasteiger partial charge in [0.2, 0.25) is 0 Å². The summed E-state index contributed by atoms with van der Waals surface area (Å²) in [6.45, 7) is -0.439. The summed E-state index contributed by atoms with van der Waals surface area (Å²) < 4.78 is 6.24. The number of aliphatic hydroxyl groups is 3. The first-order valence-corrected chi connectivity index (χ1v) is 5.26. The number of hydrogen-bond acceptors (Lipinski definition) is 7. The Kier molecular flexibility index (Phi) is 3.35. The number of hydrogen-bond donors (Lipinski definition) is 4. The van der Waals surface area contributed by atoms with Crippen molar-refractivity contribution in [1.82, 2.24) is 14.8 Å². The average Bonchev–Trinajstić information content (AvgIpc) is 2.57. The quantitative estimate of drug-likeness (QED) is 0.450. The number of rotatable bonds is 2. The monoisotopic (exact) mass is 261 g/mol. The second kappa shape index (κ2) is 4.63. The van der Waals surface area contributed by atoms with Crippen molar-refractivity contribution in [1.29, 1.82) is 0 Å². The largest absolute Gasteiger partial charge is 0.394 e. The van der Waals surface area contributed by atoms with Gasteiger partial charge in [0.05, 0.1) is 6.61 Å². The molecule has 1 fully saturated rings. The van der Waals surface area contributed by atoms with Crippen LogP contribution in [0.4, 0.5) is 0 Å². The van der Waals surface area contributed by atoms with Crippen molar-refractivity contribution in [3.05, 3.63) is 21.3 Å². The number of H-pyrrole nitrogens is 1. The highest BCUT2D eigenvalue weighted by atomic mass is 32.1. The number of aliphatic hydroxyl groups excluding tert-OH is 3. The van der Waals surface area contributed by atoms with E-state index in [2.05, 4.69) is 10.1 Å². The molecule has 1 aliphatic heterocycles. The predicted octanol–water partition coefficient (Wildman–Crippen LogP) is -2.09. The lowest BCUT2D eigenvalue weighted by molar-refractivity contribution is -0.0607. The van der Waals surface area contributed by atoms with Crippen LogP contribution in [-0.2, 0) is 4.74 Å². The van der Waals surface area contributed by atoms with Crippen molar-refractivity contribution in [3.8, 4) is 0 Å². The van der Waals surface area contributed by atoms with Gasteiger partial charge in [0, 0.05) is 0 Å². The molecule has 0 bridgehead atoms. The molecule has 1 saturated heterocycles. The van der Waals surface area contributed by atoms with Crippen molar-refractivity contribution < 1.29 is 20.1 Å². The van der Waals surface area contributed by atoms with E-state index in [0.29, 0.717) is 0 Å². The van der Waals surface area contributed by atoms with E-state index < -0.39 is 36.7 Å². The first-order valence-electron chi connectivity index (χ1n) is 4.85. The van der Waals surface area contributed by atoms with Crippen molar-refractivity contribution in [2.24, 2.45) is 0 Å². The molecule has 1 aromatic rings. The van der Waals surface area contributed by atoms with Gasteiger partial charge >= 0.3 is 0 Å². The molecule has 9 heteroatoms. The second-order valence-electron chi connectivity index (χ2n) is 3.61. The van der Waals surface area contributed by atoms with E-state index in [9.17, 15) is 15.0 Å². The highest BCUT2D eigenvalue weighted by Crippen LogP contribution is 2.28. The molecule has 0 aromatic carbocycles. The minimum absolute atomic E-state index is 0.0349. The van der Waals surface area contributed by atoms with Crippen LogP contribution in [0.3, 0.4) is 0 Å². The molecular formula is C8H11N3O5S. The Balaban J connectivity index is 2.35. The van der Waals surface area contributed by atoms with Crippen molar-refractivity contribution >= 4 is 12.2 Å². The lowest BCUT2D eigenvalue weighted by Gasteiger charge is -2.16. The van der Waals surface area contributed by atoms with Crippen molar-refractivity contribution in [2.75, 3.05) is 6.61 Å². The fourth-order valence-electron chi connectivity index (χ4n) is 1.63. The Hall–Kier alpha value is -1.13. The van der Waals surface area contributed by atoms with E-state index in [1.807, 2.05) is 0 Å². The zero-order chi connectivity index (χ0) is 12.6. The lowest BCUT2D eigenvalue weighted by atomic mass is 10.1. The Morgan fingerprint density at radius 1 is 1.53 bits per heavy atom. The molecule has 0 amide bonds. The summed E-state index contributed by atoms with van der Waals surface area (Å²) in [5.41, 5.74) is -0.474. The van der Waals surface area contributed by atoms with Gasteiger partial charge in [-0.15, -0.1) is 0 Å². The van der Waals surface area contributed by atoms with E-state index in [4.69, 9.17) is 22.1 Å². The van der Waals surface area contributed by atoms with Crippen LogP contribution in [0.1, 0.15) is 6.23 Å². The lowest BCUT2D eigenvalue weighted by Crippen LogP contribution is -2.33. The summed E-state index contributed by atoms with van der Waals surface area (Å²) in [5.74, 6) is 0. The molecule has 94 valence electrons. The van der Waals surface area contributed by atoms with Crippen LogP contribution >= 0.6 is 12.2 Å². The van der Waals surface area contributed by atoms with E-state index in [1.54, 1.807) is 0 Å². The van der Waals surface area contributed by atoms with E-state index >= 15 is 0 Å². The minimum atomic E-state index is -1.28. The van der Waals surface area contributed by atoms with E-state index in [-0.39, 0.29) is 4.77 Å². The molecule has 2 heterocycles. The summed E-state index contributed by atoms with van der Waals surface area (Å²) in [5, 5.41) is 31.9.